The number of halogens is 2. The number of amides is 1. The summed E-state index contributed by atoms with van der Waals surface area (Å²) in [5.41, 5.74) is 1.24. The van der Waals surface area contributed by atoms with Crippen molar-refractivity contribution in [1.29, 1.82) is 0 Å². The maximum atomic E-state index is 13.4. The molecule has 0 spiro atoms. The van der Waals surface area contributed by atoms with Crippen molar-refractivity contribution in [2.75, 3.05) is 20.3 Å². The predicted molar refractivity (Wildman–Crippen MR) is 112 cm³/mol. The molecule has 9 heteroatoms. The fourth-order valence-corrected chi connectivity index (χ4v) is 3.15. The lowest BCUT2D eigenvalue weighted by Gasteiger charge is -2.27. The Morgan fingerprint density at radius 1 is 1.27 bits per heavy atom. The highest BCUT2D eigenvalue weighted by Gasteiger charge is 2.24. The molecule has 30 heavy (non-hydrogen) atoms. The number of carbonyl (C=O) groups excluding carboxylic acids is 1. The van der Waals surface area contributed by atoms with E-state index in [9.17, 15) is 9.18 Å². The van der Waals surface area contributed by atoms with Crippen molar-refractivity contribution in [1.82, 2.24) is 19.7 Å². The summed E-state index contributed by atoms with van der Waals surface area (Å²) in [6.45, 7) is 6.20. The van der Waals surface area contributed by atoms with E-state index in [1.165, 1.54) is 17.0 Å². The molecule has 0 unspecified atom stereocenters. The quantitative estimate of drug-likeness (QED) is 0.530. The van der Waals surface area contributed by atoms with Crippen LogP contribution in [0.25, 0.3) is 16.6 Å². The highest BCUT2D eigenvalue weighted by atomic mass is 35.5. The Kier molecular flexibility index (Phi) is 6.58. The molecule has 2 heterocycles. The average molecular weight is 435 g/mol. The Bertz CT molecular complexity index is 1030. The molecule has 0 fully saturated rings. The molecular formula is C21H24ClFN4O3. The molecule has 0 aliphatic heterocycles. The summed E-state index contributed by atoms with van der Waals surface area (Å²) >= 11 is 6.22. The second-order valence-corrected chi connectivity index (χ2v) is 8.14. The Morgan fingerprint density at radius 2 is 1.97 bits per heavy atom. The first-order valence-electron chi connectivity index (χ1n) is 9.44. The second kappa shape index (κ2) is 8.97. The molecule has 2 aromatic heterocycles. The standard InChI is InChI=1S/C21H24ClFN4O3/c1-21(2,3)30-20(28)26(9-10-29-4)13-17-19-14(11-18(22)25-17)12-24-27(19)16-7-5-15(23)6-8-16/h5-8,11-12H,9-10,13H2,1-4H3. The molecular weight excluding hydrogens is 411 g/mol. The first-order valence-corrected chi connectivity index (χ1v) is 9.81. The van der Waals surface area contributed by atoms with Crippen LogP contribution in [-0.4, -0.2) is 51.6 Å². The molecule has 160 valence electrons. The van der Waals surface area contributed by atoms with Gasteiger partial charge in [0.05, 0.1) is 36.2 Å². The zero-order chi connectivity index (χ0) is 21.9. The molecule has 7 nitrogen and oxygen atoms in total. The van der Waals surface area contributed by atoms with Crippen LogP contribution in [0.3, 0.4) is 0 Å². The summed E-state index contributed by atoms with van der Waals surface area (Å²) < 4.78 is 25.7. The third-order valence-corrected chi connectivity index (χ3v) is 4.41. The molecule has 0 atom stereocenters. The van der Waals surface area contributed by atoms with Gasteiger partial charge in [0.2, 0.25) is 0 Å². The molecule has 3 rings (SSSR count). The molecule has 3 aromatic rings. The van der Waals surface area contributed by atoms with Crippen molar-refractivity contribution in [2.24, 2.45) is 0 Å². The van der Waals surface area contributed by atoms with Gasteiger partial charge in [-0.3, -0.25) is 4.90 Å². The van der Waals surface area contributed by atoms with Gasteiger partial charge in [0, 0.05) is 19.0 Å². The minimum atomic E-state index is -0.643. The van der Waals surface area contributed by atoms with Crippen LogP contribution in [0.15, 0.2) is 36.5 Å². The summed E-state index contributed by atoms with van der Waals surface area (Å²) in [4.78, 5) is 18.7. The van der Waals surface area contributed by atoms with Crippen LogP contribution < -0.4 is 0 Å². The average Bonchev–Trinajstić information content (AvgIpc) is 3.08. The van der Waals surface area contributed by atoms with Crippen molar-refractivity contribution in [2.45, 2.75) is 32.9 Å². The van der Waals surface area contributed by atoms with Crippen molar-refractivity contribution in [3.8, 4) is 5.69 Å². The second-order valence-electron chi connectivity index (χ2n) is 7.76. The van der Waals surface area contributed by atoms with Gasteiger partial charge in [0.15, 0.2) is 0 Å². The number of rotatable bonds is 6. The van der Waals surface area contributed by atoms with E-state index in [4.69, 9.17) is 21.1 Å². The zero-order valence-corrected chi connectivity index (χ0v) is 18.1. The first kappa shape index (κ1) is 22.0. The van der Waals surface area contributed by atoms with Crippen LogP contribution in [0.1, 0.15) is 26.5 Å². The number of aromatic nitrogens is 3. The summed E-state index contributed by atoms with van der Waals surface area (Å²) in [6, 6.07) is 7.66. The van der Waals surface area contributed by atoms with Crippen molar-refractivity contribution >= 4 is 28.6 Å². The third kappa shape index (κ3) is 5.25. The molecule has 0 saturated heterocycles. The number of methoxy groups -OCH3 is 1. The molecule has 0 bridgehead atoms. The molecule has 1 aromatic carbocycles. The van der Waals surface area contributed by atoms with Crippen LogP contribution >= 0.6 is 11.6 Å². The minimum Gasteiger partial charge on any atom is -0.444 e. The van der Waals surface area contributed by atoms with Crippen LogP contribution in [0, 0.1) is 5.82 Å². The summed E-state index contributed by atoms with van der Waals surface area (Å²) in [7, 11) is 1.56. The number of nitrogens with zero attached hydrogens (tertiary/aromatic N) is 4. The van der Waals surface area contributed by atoms with Gasteiger partial charge in [-0.1, -0.05) is 11.6 Å². The lowest BCUT2D eigenvalue weighted by atomic mass is 10.2. The van der Waals surface area contributed by atoms with Gasteiger partial charge in [0.1, 0.15) is 16.6 Å². The number of fused-ring (bicyclic) bond motifs is 1. The highest BCUT2D eigenvalue weighted by Crippen LogP contribution is 2.25. The smallest absolute Gasteiger partial charge is 0.410 e. The third-order valence-electron chi connectivity index (χ3n) is 4.22. The SMILES string of the molecule is COCCN(Cc1nc(Cl)cc2cnn(-c3ccc(F)cc3)c12)C(=O)OC(C)(C)C. The van der Waals surface area contributed by atoms with Crippen LogP contribution in [0.4, 0.5) is 9.18 Å². The largest absolute Gasteiger partial charge is 0.444 e. The molecule has 0 N–H and O–H groups in total. The van der Waals surface area contributed by atoms with Gasteiger partial charge >= 0.3 is 6.09 Å². The van der Waals surface area contributed by atoms with Crippen molar-refractivity contribution < 1.29 is 18.7 Å². The molecule has 0 aliphatic carbocycles. The number of ether oxygens (including phenoxy) is 2. The molecule has 0 saturated carbocycles. The Labute approximate surface area is 179 Å². The monoisotopic (exact) mass is 434 g/mol. The van der Waals surface area contributed by atoms with Crippen molar-refractivity contribution in [3.63, 3.8) is 0 Å². The predicted octanol–water partition coefficient (Wildman–Crippen LogP) is 4.60. The van der Waals surface area contributed by atoms with E-state index >= 15 is 0 Å². The van der Waals surface area contributed by atoms with E-state index in [1.54, 1.807) is 57.0 Å². The van der Waals surface area contributed by atoms with Gasteiger partial charge in [0.25, 0.3) is 0 Å². The summed E-state index contributed by atoms with van der Waals surface area (Å²) in [6.07, 6.45) is 1.17. The van der Waals surface area contributed by atoms with E-state index < -0.39 is 11.7 Å². The lowest BCUT2D eigenvalue weighted by Crippen LogP contribution is -2.38. The number of hydrogen-bond donors (Lipinski definition) is 0. The van der Waals surface area contributed by atoms with Gasteiger partial charge in [-0.25, -0.2) is 18.9 Å². The molecule has 0 aliphatic rings. The Morgan fingerprint density at radius 3 is 2.60 bits per heavy atom. The number of benzene rings is 1. The zero-order valence-electron chi connectivity index (χ0n) is 17.4. The lowest BCUT2D eigenvalue weighted by molar-refractivity contribution is 0.0182. The highest BCUT2D eigenvalue weighted by molar-refractivity contribution is 6.30. The van der Waals surface area contributed by atoms with E-state index in [-0.39, 0.29) is 17.5 Å². The maximum Gasteiger partial charge on any atom is 0.410 e. The Hall–Kier alpha value is -2.71. The van der Waals surface area contributed by atoms with Crippen LogP contribution in [-0.2, 0) is 16.0 Å². The fraction of sp³-hybridized carbons (Fsp3) is 0.381. The Balaban J connectivity index is 2.03. The van der Waals surface area contributed by atoms with E-state index in [0.29, 0.717) is 30.0 Å². The van der Waals surface area contributed by atoms with Crippen LogP contribution in [0.5, 0.6) is 0 Å². The minimum absolute atomic E-state index is 0.141. The van der Waals surface area contributed by atoms with Crippen LogP contribution in [0.2, 0.25) is 5.15 Å². The number of carbonyl (C=O) groups is 1. The van der Waals surface area contributed by atoms with E-state index in [1.807, 2.05) is 0 Å². The summed E-state index contributed by atoms with van der Waals surface area (Å²) in [5.74, 6) is -0.340. The number of pyridine rings is 1. The van der Waals surface area contributed by atoms with Gasteiger partial charge in [-0.05, 0) is 51.1 Å². The van der Waals surface area contributed by atoms with E-state index in [0.717, 1.165) is 5.39 Å². The normalized spacial score (nSPS) is 11.7. The molecule has 1 amide bonds. The van der Waals surface area contributed by atoms with E-state index in [2.05, 4.69) is 10.1 Å². The van der Waals surface area contributed by atoms with Gasteiger partial charge in [-0.15, -0.1) is 0 Å². The van der Waals surface area contributed by atoms with Gasteiger partial charge in [-0.2, -0.15) is 5.10 Å². The summed E-state index contributed by atoms with van der Waals surface area (Å²) in [5, 5.41) is 5.45. The maximum absolute atomic E-state index is 13.4. The fourth-order valence-electron chi connectivity index (χ4n) is 2.93. The first-order chi connectivity index (χ1) is 14.2. The number of hydrogen-bond acceptors (Lipinski definition) is 5. The topological polar surface area (TPSA) is 69.5 Å². The van der Waals surface area contributed by atoms with Gasteiger partial charge < -0.3 is 9.47 Å². The van der Waals surface area contributed by atoms with Crippen molar-refractivity contribution in [3.05, 3.63) is 53.2 Å². The molecule has 0 radical (unpaired) electrons.